The van der Waals surface area contributed by atoms with Crippen LogP contribution in [-0.2, 0) is 0 Å². The van der Waals surface area contributed by atoms with Gasteiger partial charge in [-0.2, -0.15) is 0 Å². The average molecular weight is 276 g/mol. The van der Waals surface area contributed by atoms with Crippen LogP contribution in [0, 0.1) is 19.7 Å². The molecule has 3 nitrogen and oxygen atoms in total. The molecule has 0 spiro atoms. The van der Waals surface area contributed by atoms with Crippen molar-refractivity contribution < 1.29 is 9.13 Å². The molecule has 0 aliphatic heterocycles. The Bertz CT molecular complexity index is 643. The van der Waals surface area contributed by atoms with E-state index in [0.29, 0.717) is 22.8 Å². The molecule has 1 heterocycles. The summed E-state index contributed by atoms with van der Waals surface area (Å²) >= 11 is 4.95. The standard InChI is InChI=1S/C14H13FN2OS/c1-8-7-10(4-6-12(8)15)18-14-11(13(16)19)5-3-9(2)17-14/h3-7H,1-2H3,(H2,16,19). The highest BCUT2D eigenvalue weighted by Crippen LogP contribution is 2.25. The van der Waals surface area contributed by atoms with Crippen LogP contribution in [0.4, 0.5) is 4.39 Å². The fourth-order valence-electron chi connectivity index (χ4n) is 1.59. The minimum atomic E-state index is -0.279. The minimum Gasteiger partial charge on any atom is -0.438 e. The maximum Gasteiger partial charge on any atom is 0.229 e. The molecule has 0 aliphatic rings. The van der Waals surface area contributed by atoms with Gasteiger partial charge in [-0.3, -0.25) is 0 Å². The van der Waals surface area contributed by atoms with Gasteiger partial charge in [-0.1, -0.05) is 12.2 Å². The average Bonchev–Trinajstić information content (AvgIpc) is 2.33. The predicted octanol–water partition coefficient (Wildman–Crippen LogP) is 3.26. The van der Waals surface area contributed by atoms with Crippen molar-refractivity contribution in [3.8, 4) is 11.6 Å². The third-order valence-electron chi connectivity index (χ3n) is 2.61. The first kappa shape index (κ1) is 13.4. The lowest BCUT2D eigenvalue weighted by molar-refractivity contribution is 0.458. The number of rotatable bonds is 3. The van der Waals surface area contributed by atoms with Crippen LogP contribution in [0.3, 0.4) is 0 Å². The van der Waals surface area contributed by atoms with E-state index in [4.69, 9.17) is 22.7 Å². The van der Waals surface area contributed by atoms with Gasteiger partial charge in [0.05, 0.1) is 5.56 Å². The number of ether oxygens (including phenoxy) is 1. The number of hydrogen-bond donors (Lipinski definition) is 1. The van der Waals surface area contributed by atoms with Gasteiger partial charge in [0.1, 0.15) is 16.6 Å². The first-order valence-electron chi connectivity index (χ1n) is 5.69. The van der Waals surface area contributed by atoms with Crippen LogP contribution in [0.15, 0.2) is 30.3 Å². The SMILES string of the molecule is Cc1ccc(C(N)=S)c(Oc2ccc(F)c(C)c2)n1. The molecule has 0 atom stereocenters. The van der Waals surface area contributed by atoms with E-state index in [1.807, 2.05) is 6.92 Å². The summed E-state index contributed by atoms with van der Waals surface area (Å²) in [4.78, 5) is 4.47. The van der Waals surface area contributed by atoms with E-state index >= 15 is 0 Å². The van der Waals surface area contributed by atoms with Gasteiger partial charge in [0.2, 0.25) is 5.88 Å². The van der Waals surface area contributed by atoms with Crippen molar-refractivity contribution in [2.24, 2.45) is 5.73 Å². The first-order chi connectivity index (χ1) is 8.97. The molecule has 0 fully saturated rings. The molecule has 0 saturated carbocycles. The lowest BCUT2D eigenvalue weighted by atomic mass is 10.2. The topological polar surface area (TPSA) is 48.1 Å². The molecule has 0 saturated heterocycles. The van der Waals surface area contributed by atoms with Crippen molar-refractivity contribution in [2.75, 3.05) is 0 Å². The molecule has 2 aromatic rings. The molecular weight excluding hydrogens is 263 g/mol. The summed E-state index contributed by atoms with van der Waals surface area (Å²) < 4.78 is 18.8. The number of aromatic nitrogens is 1. The van der Waals surface area contributed by atoms with Crippen LogP contribution in [-0.4, -0.2) is 9.97 Å². The Morgan fingerprint density at radius 3 is 2.63 bits per heavy atom. The monoisotopic (exact) mass is 276 g/mol. The van der Waals surface area contributed by atoms with Crippen molar-refractivity contribution >= 4 is 17.2 Å². The van der Waals surface area contributed by atoms with Gasteiger partial charge in [0, 0.05) is 5.69 Å². The third-order valence-corrected chi connectivity index (χ3v) is 2.83. The second kappa shape index (κ2) is 5.32. The summed E-state index contributed by atoms with van der Waals surface area (Å²) in [5.41, 5.74) is 7.47. The number of thiocarbonyl (C=S) groups is 1. The number of hydrogen-bond acceptors (Lipinski definition) is 3. The largest absolute Gasteiger partial charge is 0.438 e. The fourth-order valence-corrected chi connectivity index (χ4v) is 1.75. The van der Waals surface area contributed by atoms with Gasteiger partial charge >= 0.3 is 0 Å². The molecule has 0 radical (unpaired) electrons. The smallest absolute Gasteiger partial charge is 0.229 e. The number of nitrogens with zero attached hydrogens (tertiary/aromatic N) is 1. The Hall–Kier alpha value is -2.01. The molecular formula is C14H13FN2OS. The van der Waals surface area contributed by atoms with Crippen LogP contribution in [0.2, 0.25) is 0 Å². The number of halogens is 1. The molecule has 2 N–H and O–H groups in total. The second-order valence-corrected chi connectivity index (χ2v) is 4.62. The Labute approximate surface area is 116 Å². The quantitative estimate of drug-likeness (QED) is 0.874. The van der Waals surface area contributed by atoms with Crippen molar-refractivity contribution in [3.63, 3.8) is 0 Å². The number of pyridine rings is 1. The van der Waals surface area contributed by atoms with E-state index < -0.39 is 0 Å². The summed E-state index contributed by atoms with van der Waals surface area (Å²) in [6.45, 7) is 3.51. The van der Waals surface area contributed by atoms with Gasteiger partial charge < -0.3 is 10.5 Å². The van der Waals surface area contributed by atoms with E-state index in [-0.39, 0.29) is 10.8 Å². The van der Waals surface area contributed by atoms with Crippen LogP contribution in [0.25, 0.3) is 0 Å². The van der Waals surface area contributed by atoms with E-state index in [1.165, 1.54) is 12.1 Å². The van der Waals surface area contributed by atoms with Crippen LogP contribution < -0.4 is 10.5 Å². The van der Waals surface area contributed by atoms with Gasteiger partial charge in [-0.25, -0.2) is 9.37 Å². The molecule has 0 unspecified atom stereocenters. The molecule has 1 aromatic carbocycles. The Balaban J connectivity index is 2.39. The van der Waals surface area contributed by atoms with Gasteiger partial charge in [-0.05, 0) is 49.7 Å². The zero-order valence-corrected chi connectivity index (χ0v) is 11.4. The number of nitrogens with two attached hydrogens (primary N) is 1. The molecule has 19 heavy (non-hydrogen) atoms. The zero-order chi connectivity index (χ0) is 14.0. The molecule has 0 aliphatic carbocycles. The third kappa shape index (κ3) is 3.06. The minimum absolute atomic E-state index is 0.210. The summed E-state index contributed by atoms with van der Waals surface area (Å²) in [6.07, 6.45) is 0. The van der Waals surface area contributed by atoms with Crippen LogP contribution >= 0.6 is 12.2 Å². The van der Waals surface area contributed by atoms with Gasteiger partial charge in [0.25, 0.3) is 0 Å². The Kier molecular flexibility index (Phi) is 3.76. The van der Waals surface area contributed by atoms with Crippen LogP contribution in [0.1, 0.15) is 16.8 Å². The maximum atomic E-state index is 13.2. The molecule has 2 rings (SSSR count). The second-order valence-electron chi connectivity index (χ2n) is 4.18. The highest BCUT2D eigenvalue weighted by Gasteiger charge is 2.10. The lowest BCUT2D eigenvalue weighted by Crippen LogP contribution is -2.12. The summed E-state index contributed by atoms with van der Waals surface area (Å²) in [7, 11) is 0. The molecule has 5 heteroatoms. The predicted molar refractivity (Wildman–Crippen MR) is 76.1 cm³/mol. The van der Waals surface area contributed by atoms with Gasteiger partial charge in [0.15, 0.2) is 0 Å². The van der Waals surface area contributed by atoms with Crippen LogP contribution in [0.5, 0.6) is 11.6 Å². The number of benzene rings is 1. The van der Waals surface area contributed by atoms with Crippen molar-refractivity contribution in [1.82, 2.24) is 4.98 Å². The van der Waals surface area contributed by atoms with Crippen molar-refractivity contribution in [2.45, 2.75) is 13.8 Å². The Morgan fingerprint density at radius 2 is 2.00 bits per heavy atom. The normalized spacial score (nSPS) is 10.3. The van der Waals surface area contributed by atoms with Crippen molar-refractivity contribution in [1.29, 1.82) is 0 Å². The van der Waals surface area contributed by atoms with E-state index in [1.54, 1.807) is 25.1 Å². The molecule has 1 aromatic heterocycles. The van der Waals surface area contributed by atoms with E-state index in [0.717, 1.165) is 5.69 Å². The molecule has 98 valence electrons. The highest BCUT2D eigenvalue weighted by molar-refractivity contribution is 7.80. The molecule has 0 amide bonds. The Morgan fingerprint density at radius 1 is 1.26 bits per heavy atom. The van der Waals surface area contributed by atoms with Gasteiger partial charge in [-0.15, -0.1) is 0 Å². The number of aryl methyl sites for hydroxylation is 2. The fraction of sp³-hybridized carbons (Fsp3) is 0.143. The molecule has 0 bridgehead atoms. The highest BCUT2D eigenvalue weighted by atomic mass is 32.1. The van der Waals surface area contributed by atoms with E-state index in [2.05, 4.69) is 4.98 Å². The first-order valence-corrected chi connectivity index (χ1v) is 6.09. The maximum absolute atomic E-state index is 13.2. The van der Waals surface area contributed by atoms with Crippen molar-refractivity contribution in [3.05, 3.63) is 53.0 Å². The lowest BCUT2D eigenvalue weighted by Gasteiger charge is -2.10. The summed E-state index contributed by atoms with van der Waals surface area (Å²) in [6, 6.07) is 8.05. The summed E-state index contributed by atoms with van der Waals surface area (Å²) in [5.74, 6) is 0.548. The summed E-state index contributed by atoms with van der Waals surface area (Å²) in [5, 5.41) is 0. The zero-order valence-electron chi connectivity index (χ0n) is 10.6. The van der Waals surface area contributed by atoms with E-state index in [9.17, 15) is 4.39 Å².